The molecule has 7 heteroatoms. The summed E-state index contributed by atoms with van der Waals surface area (Å²) in [5.41, 5.74) is 2.63. The zero-order chi connectivity index (χ0) is 19.6. The molecule has 5 nitrogen and oxygen atoms in total. The lowest BCUT2D eigenvalue weighted by Gasteiger charge is -2.34. The molecular weight excluding hydrogens is 440 g/mol. The van der Waals surface area contributed by atoms with E-state index in [1.165, 1.54) is 11.1 Å². The number of benzene rings is 2. The van der Waals surface area contributed by atoms with Crippen LogP contribution in [0.3, 0.4) is 0 Å². The summed E-state index contributed by atoms with van der Waals surface area (Å²) in [4.78, 5) is 2.52. The monoisotopic (exact) mass is 460 g/mol. The largest absolute Gasteiger partial charge is 0.468 e. The van der Waals surface area contributed by atoms with Crippen molar-refractivity contribution in [2.45, 2.75) is 23.9 Å². The van der Waals surface area contributed by atoms with E-state index in [0.717, 1.165) is 29.7 Å². The van der Waals surface area contributed by atoms with Crippen molar-refractivity contribution in [2.75, 3.05) is 13.1 Å². The van der Waals surface area contributed by atoms with Crippen LogP contribution in [0, 0.1) is 0 Å². The molecule has 0 saturated carbocycles. The third-order valence-corrected chi connectivity index (χ3v) is 7.03. The van der Waals surface area contributed by atoms with Gasteiger partial charge in [-0.3, -0.25) is 4.90 Å². The topological polar surface area (TPSA) is 62.6 Å². The minimum absolute atomic E-state index is 0.173. The Labute approximate surface area is 173 Å². The van der Waals surface area contributed by atoms with E-state index in [2.05, 4.69) is 43.8 Å². The number of fused-ring (bicyclic) bond motifs is 1. The van der Waals surface area contributed by atoms with Gasteiger partial charge in [-0.2, -0.15) is 0 Å². The Morgan fingerprint density at radius 1 is 1.04 bits per heavy atom. The third kappa shape index (κ3) is 4.22. The molecule has 2 aromatic carbocycles. The van der Waals surface area contributed by atoms with Gasteiger partial charge in [-0.1, -0.05) is 40.2 Å². The van der Waals surface area contributed by atoms with Gasteiger partial charge in [-0.15, -0.1) is 0 Å². The molecule has 1 aromatic heterocycles. The molecule has 0 unspecified atom stereocenters. The molecule has 0 saturated heterocycles. The predicted octanol–water partition coefficient (Wildman–Crippen LogP) is 4.12. The first-order valence-corrected chi connectivity index (χ1v) is 11.4. The van der Waals surface area contributed by atoms with Gasteiger partial charge in [0.1, 0.15) is 5.76 Å². The second-order valence-corrected chi connectivity index (χ2v) is 9.51. The molecule has 1 aliphatic heterocycles. The molecule has 2 heterocycles. The number of nitrogens with zero attached hydrogens (tertiary/aromatic N) is 1. The maximum Gasteiger partial charge on any atom is 0.240 e. The van der Waals surface area contributed by atoms with Crippen molar-refractivity contribution in [3.63, 3.8) is 0 Å². The number of rotatable bonds is 6. The van der Waals surface area contributed by atoms with Gasteiger partial charge in [0.15, 0.2) is 0 Å². The summed E-state index contributed by atoms with van der Waals surface area (Å²) in [5, 5.41) is 0. The fourth-order valence-corrected chi connectivity index (χ4v) is 4.86. The summed E-state index contributed by atoms with van der Waals surface area (Å²) in [6.07, 6.45) is 2.57. The van der Waals surface area contributed by atoms with Crippen LogP contribution in [0.25, 0.3) is 0 Å². The molecule has 3 aromatic rings. The summed E-state index contributed by atoms with van der Waals surface area (Å²) in [7, 11) is -3.60. The minimum atomic E-state index is -3.60. The number of furan rings is 1. The second-order valence-electron chi connectivity index (χ2n) is 6.83. The number of hydrogen-bond donors (Lipinski definition) is 1. The number of sulfonamides is 1. The molecule has 0 amide bonds. The zero-order valence-corrected chi connectivity index (χ0v) is 17.6. The van der Waals surface area contributed by atoms with Crippen molar-refractivity contribution >= 4 is 26.0 Å². The first-order valence-electron chi connectivity index (χ1n) is 9.12. The molecular formula is C21H21BrN2O3S. The van der Waals surface area contributed by atoms with Crippen molar-refractivity contribution < 1.29 is 12.8 Å². The predicted molar refractivity (Wildman–Crippen MR) is 111 cm³/mol. The summed E-state index contributed by atoms with van der Waals surface area (Å²) in [5.74, 6) is 0.762. The summed E-state index contributed by atoms with van der Waals surface area (Å²) in [6, 6.07) is 18.6. The Morgan fingerprint density at radius 3 is 2.50 bits per heavy atom. The molecule has 0 radical (unpaired) electrons. The molecule has 1 aliphatic rings. The Bertz CT molecular complexity index is 1030. The van der Waals surface area contributed by atoms with Crippen molar-refractivity contribution in [1.29, 1.82) is 0 Å². The van der Waals surface area contributed by atoms with E-state index in [1.807, 2.05) is 18.2 Å². The lowest BCUT2D eigenvalue weighted by atomic mass is 9.98. The number of nitrogens with one attached hydrogen (secondary N) is 1. The normalized spacial score (nSPS) is 15.9. The van der Waals surface area contributed by atoms with Crippen LogP contribution in [-0.4, -0.2) is 26.4 Å². The molecule has 1 atom stereocenters. The number of hydrogen-bond acceptors (Lipinski definition) is 4. The van der Waals surface area contributed by atoms with Crippen LogP contribution in [0.5, 0.6) is 0 Å². The Balaban J connectivity index is 1.54. The highest BCUT2D eigenvalue weighted by molar-refractivity contribution is 9.10. The molecule has 146 valence electrons. The first-order chi connectivity index (χ1) is 13.5. The van der Waals surface area contributed by atoms with Gasteiger partial charge in [0, 0.05) is 24.1 Å². The average molecular weight is 461 g/mol. The zero-order valence-electron chi connectivity index (χ0n) is 15.2. The Morgan fingerprint density at radius 2 is 1.79 bits per heavy atom. The van der Waals surface area contributed by atoms with Gasteiger partial charge in [0.25, 0.3) is 0 Å². The highest BCUT2D eigenvalue weighted by Gasteiger charge is 2.28. The van der Waals surface area contributed by atoms with Crippen LogP contribution in [-0.2, 0) is 23.0 Å². The van der Waals surface area contributed by atoms with Crippen molar-refractivity contribution in [3.8, 4) is 0 Å². The molecule has 4 rings (SSSR count). The van der Waals surface area contributed by atoms with Gasteiger partial charge in [0.2, 0.25) is 10.0 Å². The Hall–Kier alpha value is -1.93. The molecule has 0 fully saturated rings. The molecule has 0 aliphatic carbocycles. The smallest absolute Gasteiger partial charge is 0.240 e. The highest BCUT2D eigenvalue weighted by atomic mass is 79.9. The quantitative estimate of drug-likeness (QED) is 0.600. The van der Waals surface area contributed by atoms with E-state index < -0.39 is 10.0 Å². The van der Waals surface area contributed by atoms with Gasteiger partial charge in [0.05, 0.1) is 17.2 Å². The van der Waals surface area contributed by atoms with Crippen molar-refractivity contribution in [3.05, 3.63) is 88.3 Å². The van der Waals surface area contributed by atoms with E-state index in [9.17, 15) is 8.42 Å². The van der Waals surface area contributed by atoms with E-state index in [0.29, 0.717) is 0 Å². The number of halogens is 1. The highest BCUT2D eigenvalue weighted by Crippen LogP contribution is 2.28. The van der Waals surface area contributed by atoms with E-state index >= 15 is 0 Å². The first kappa shape index (κ1) is 19.4. The van der Waals surface area contributed by atoms with Crippen LogP contribution < -0.4 is 4.72 Å². The standard InChI is InChI=1S/C21H21BrN2O3S/c22-18-7-9-19(10-8-18)28(25,26)23-14-20(21-6-3-13-27-21)24-12-11-16-4-1-2-5-17(16)15-24/h1-10,13,20,23H,11-12,14-15H2/t20-/m1/s1. The van der Waals surface area contributed by atoms with Crippen LogP contribution in [0.2, 0.25) is 0 Å². The molecule has 0 spiro atoms. The molecule has 28 heavy (non-hydrogen) atoms. The van der Waals surface area contributed by atoms with Crippen LogP contribution in [0.15, 0.2) is 80.7 Å². The lowest BCUT2D eigenvalue weighted by Crippen LogP contribution is -2.40. The van der Waals surface area contributed by atoms with Crippen molar-refractivity contribution in [1.82, 2.24) is 9.62 Å². The van der Waals surface area contributed by atoms with E-state index in [1.54, 1.807) is 30.5 Å². The van der Waals surface area contributed by atoms with Crippen LogP contribution in [0.4, 0.5) is 0 Å². The van der Waals surface area contributed by atoms with E-state index in [4.69, 9.17) is 4.42 Å². The molecule has 0 bridgehead atoms. The van der Waals surface area contributed by atoms with Gasteiger partial charge in [-0.05, 0) is 53.9 Å². The summed E-state index contributed by atoms with van der Waals surface area (Å²) >= 11 is 3.33. The third-order valence-electron chi connectivity index (χ3n) is 5.06. The van der Waals surface area contributed by atoms with E-state index in [-0.39, 0.29) is 17.5 Å². The summed E-state index contributed by atoms with van der Waals surface area (Å²) in [6.45, 7) is 1.86. The average Bonchev–Trinajstić information content (AvgIpc) is 3.23. The van der Waals surface area contributed by atoms with Crippen LogP contribution >= 0.6 is 15.9 Å². The van der Waals surface area contributed by atoms with Gasteiger partial charge < -0.3 is 4.42 Å². The van der Waals surface area contributed by atoms with Gasteiger partial charge in [-0.25, -0.2) is 13.1 Å². The Kier molecular flexibility index (Phi) is 5.68. The van der Waals surface area contributed by atoms with Crippen LogP contribution in [0.1, 0.15) is 22.9 Å². The van der Waals surface area contributed by atoms with Crippen molar-refractivity contribution in [2.24, 2.45) is 0 Å². The maximum absolute atomic E-state index is 12.7. The maximum atomic E-state index is 12.7. The SMILES string of the molecule is O=S(=O)(NC[C@H](c1ccco1)N1CCc2ccccc2C1)c1ccc(Br)cc1. The lowest BCUT2D eigenvalue weighted by molar-refractivity contribution is 0.160. The van der Waals surface area contributed by atoms with Gasteiger partial charge >= 0.3 is 0 Å². The summed E-state index contributed by atoms with van der Waals surface area (Å²) < 4.78 is 34.7. The molecule has 1 N–H and O–H groups in total. The second kappa shape index (κ2) is 8.21. The fraction of sp³-hybridized carbons (Fsp3) is 0.238. The fourth-order valence-electron chi connectivity index (χ4n) is 3.56. The minimum Gasteiger partial charge on any atom is -0.468 e.